The molecular formula is C18H17ClN4O3. The first kappa shape index (κ1) is 17.8. The van der Waals surface area contributed by atoms with Crippen LogP contribution >= 0.6 is 11.6 Å². The lowest BCUT2D eigenvalue weighted by atomic mass is 10.2. The average molecular weight is 373 g/mol. The third kappa shape index (κ3) is 3.94. The van der Waals surface area contributed by atoms with Crippen LogP contribution in [-0.4, -0.2) is 28.1 Å². The smallest absolute Gasteiger partial charge is 0.313 e. The number of carbonyl (C=O) groups excluding carboxylic acids is 2. The van der Waals surface area contributed by atoms with E-state index >= 15 is 0 Å². The first-order valence-electron chi connectivity index (χ1n) is 7.93. The Morgan fingerprint density at radius 3 is 2.77 bits per heavy atom. The lowest BCUT2D eigenvalue weighted by molar-refractivity contribution is -0.136. The van der Waals surface area contributed by atoms with Crippen LogP contribution in [0, 0.1) is 6.92 Å². The first-order chi connectivity index (χ1) is 12.6. The van der Waals surface area contributed by atoms with E-state index in [1.54, 1.807) is 66.7 Å². The van der Waals surface area contributed by atoms with Crippen molar-refractivity contribution in [2.75, 3.05) is 11.9 Å². The number of hydrogen-bond donors (Lipinski definition) is 2. The van der Waals surface area contributed by atoms with Crippen LogP contribution in [-0.2, 0) is 9.59 Å². The van der Waals surface area contributed by atoms with E-state index in [2.05, 4.69) is 15.7 Å². The third-order valence-corrected chi connectivity index (χ3v) is 4.30. The second-order valence-electron chi connectivity index (χ2n) is 5.59. The molecule has 0 aliphatic rings. The van der Waals surface area contributed by atoms with Crippen molar-refractivity contribution in [3.63, 3.8) is 0 Å². The second-order valence-corrected chi connectivity index (χ2v) is 6.00. The minimum absolute atomic E-state index is 0.149. The van der Waals surface area contributed by atoms with E-state index in [-0.39, 0.29) is 12.6 Å². The number of halogens is 1. The fourth-order valence-corrected chi connectivity index (χ4v) is 2.64. The Morgan fingerprint density at radius 1 is 1.23 bits per heavy atom. The lowest BCUT2D eigenvalue weighted by Gasteiger charge is -2.16. The van der Waals surface area contributed by atoms with Crippen molar-refractivity contribution in [1.82, 2.24) is 15.1 Å². The summed E-state index contributed by atoms with van der Waals surface area (Å²) >= 11 is 6.02. The molecule has 134 valence electrons. The van der Waals surface area contributed by atoms with Crippen LogP contribution in [0.5, 0.6) is 0 Å². The summed E-state index contributed by atoms with van der Waals surface area (Å²) in [6.07, 6.45) is 4.93. The molecule has 2 N–H and O–H groups in total. The van der Waals surface area contributed by atoms with Gasteiger partial charge in [-0.2, -0.15) is 5.10 Å². The summed E-state index contributed by atoms with van der Waals surface area (Å²) in [6.45, 7) is 1.91. The summed E-state index contributed by atoms with van der Waals surface area (Å²) in [5.74, 6) is -0.901. The molecule has 0 saturated heterocycles. The zero-order chi connectivity index (χ0) is 18.5. The number of benzene rings is 1. The number of rotatable bonds is 5. The summed E-state index contributed by atoms with van der Waals surface area (Å²) in [4.78, 5) is 24.3. The maximum atomic E-state index is 12.2. The molecule has 0 bridgehead atoms. The molecule has 0 fully saturated rings. The van der Waals surface area contributed by atoms with Gasteiger partial charge in [0.1, 0.15) is 11.8 Å². The molecule has 1 atom stereocenters. The van der Waals surface area contributed by atoms with Crippen LogP contribution < -0.4 is 10.6 Å². The van der Waals surface area contributed by atoms with Gasteiger partial charge >= 0.3 is 11.8 Å². The monoisotopic (exact) mass is 372 g/mol. The largest absolute Gasteiger partial charge is 0.467 e. The summed E-state index contributed by atoms with van der Waals surface area (Å²) in [5.41, 5.74) is 1.19. The van der Waals surface area contributed by atoms with Crippen LogP contribution in [0.1, 0.15) is 17.4 Å². The van der Waals surface area contributed by atoms with E-state index in [4.69, 9.17) is 16.0 Å². The van der Waals surface area contributed by atoms with Gasteiger partial charge in [0.2, 0.25) is 0 Å². The van der Waals surface area contributed by atoms with Crippen molar-refractivity contribution in [1.29, 1.82) is 0 Å². The number of furan rings is 1. The molecule has 0 unspecified atom stereocenters. The van der Waals surface area contributed by atoms with Gasteiger partial charge < -0.3 is 15.1 Å². The SMILES string of the molecule is Cc1c(Cl)cccc1NC(=O)C(=O)NC[C@@H](c1ccco1)n1cccn1. The highest BCUT2D eigenvalue weighted by Gasteiger charge is 2.21. The lowest BCUT2D eigenvalue weighted by Crippen LogP contribution is -2.39. The van der Waals surface area contributed by atoms with Crippen molar-refractivity contribution in [3.05, 3.63) is 71.4 Å². The zero-order valence-electron chi connectivity index (χ0n) is 14.0. The third-order valence-electron chi connectivity index (χ3n) is 3.89. The van der Waals surface area contributed by atoms with Crippen LogP contribution in [0.2, 0.25) is 5.02 Å². The number of carbonyl (C=O) groups is 2. The van der Waals surface area contributed by atoms with Gasteiger partial charge in [-0.05, 0) is 42.8 Å². The normalized spacial score (nSPS) is 11.8. The molecule has 2 aromatic heterocycles. The van der Waals surface area contributed by atoms with Crippen molar-refractivity contribution in [2.24, 2.45) is 0 Å². The second kappa shape index (κ2) is 7.88. The zero-order valence-corrected chi connectivity index (χ0v) is 14.7. The molecule has 1 aromatic carbocycles. The van der Waals surface area contributed by atoms with E-state index in [0.29, 0.717) is 22.0 Å². The Bertz CT molecular complexity index is 857. The quantitative estimate of drug-likeness (QED) is 0.674. The maximum absolute atomic E-state index is 12.2. The number of amides is 2. The predicted molar refractivity (Wildman–Crippen MR) is 96.9 cm³/mol. The molecule has 0 radical (unpaired) electrons. The molecule has 0 aliphatic carbocycles. The van der Waals surface area contributed by atoms with Gasteiger partial charge in [-0.25, -0.2) is 0 Å². The highest BCUT2D eigenvalue weighted by atomic mass is 35.5. The maximum Gasteiger partial charge on any atom is 0.313 e. The van der Waals surface area contributed by atoms with Crippen LogP contribution in [0.25, 0.3) is 0 Å². The van der Waals surface area contributed by atoms with Gasteiger partial charge in [-0.1, -0.05) is 17.7 Å². The average Bonchev–Trinajstić information content (AvgIpc) is 3.33. The summed E-state index contributed by atoms with van der Waals surface area (Å²) in [6, 6.07) is 10.0. The van der Waals surface area contributed by atoms with E-state index in [0.717, 1.165) is 0 Å². The van der Waals surface area contributed by atoms with Crippen LogP contribution in [0.3, 0.4) is 0 Å². The number of nitrogens with one attached hydrogen (secondary N) is 2. The van der Waals surface area contributed by atoms with E-state index in [9.17, 15) is 9.59 Å². The number of hydrogen-bond acceptors (Lipinski definition) is 4. The summed E-state index contributed by atoms with van der Waals surface area (Å²) in [5, 5.41) is 9.86. The molecule has 7 nitrogen and oxygen atoms in total. The van der Waals surface area contributed by atoms with Crippen LogP contribution in [0.4, 0.5) is 5.69 Å². The summed E-state index contributed by atoms with van der Waals surface area (Å²) < 4.78 is 7.06. The van der Waals surface area contributed by atoms with Gasteiger partial charge in [0.25, 0.3) is 0 Å². The summed E-state index contributed by atoms with van der Waals surface area (Å²) in [7, 11) is 0. The Kier molecular flexibility index (Phi) is 5.38. The fraction of sp³-hybridized carbons (Fsp3) is 0.167. The van der Waals surface area contributed by atoms with E-state index in [1.165, 1.54) is 0 Å². The predicted octanol–water partition coefficient (Wildman–Crippen LogP) is 2.78. The fourth-order valence-electron chi connectivity index (χ4n) is 2.46. The Labute approximate surface area is 154 Å². The standard InChI is InChI=1S/C18H17ClN4O3/c1-12-13(19)5-2-6-14(12)22-18(25)17(24)20-11-15(16-7-3-10-26-16)23-9-4-8-21-23/h2-10,15H,11H2,1H3,(H,20,24)(H,22,25)/t15-/m0/s1. The molecule has 0 saturated carbocycles. The van der Waals surface area contributed by atoms with Gasteiger partial charge in [-0.15, -0.1) is 0 Å². The number of aromatic nitrogens is 2. The molecule has 26 heavy (non-hydrogen) atoms. The molecule has 0 spiro atoms. The van der Waals surface area contributed by atoms with Gasteiger partial charge in [0.15, 0.2) is 0 Å². The van der Waals surface area contributed by atoms with Crippen molar-refractivity contribution in [2.45, 2.75) is 13.0 Å². The number of nitrogens with zero attached hydrogens (tertiary/aromatic N) is 2. The Balaban J connectivity index is 1.65. The molecule has 8 heteroatoms. The molecule has 2 heterocycles. The molecule has 2 amide bonds. The van der Waals surface area contributed by atoms with Crippen molar-refractivity contribution >= 4 is 29.1 Å². The van der Waals surface area contributed by atoms with Crippen molar-refractivity contribution < 1.29 is 14.0 Å². The minimum Gasteiger partial charge on any atom is -0.467 e. The van der Waals surface area contributed by atoms with Gasteiger partial charge in [0, 0.05) is 29.6 Å². The van der Waals surface area contributed by atoms with Crippen LogP contribution in [0.15, 0.2) is 59.5 Å². The van der Waals surface area contributed by atoms with E-state index < -0.39 is 11.8 Å². The minimum atomic E-state index is -0.769. The highest BCUT2D eigenvalue weighted by Crippen LogP contribution is 2.23. The Morgan fingerprint density at radius 2 is 2.08 bits per heavy atom. The molecule has 0 aliphatic heterocycles. The van der Waals surface area contributed by atoms with Gasteiger partial charge in [-0.3, -0.25) is 14.3 Å². The van der Waals surface area contributed by atoms with Crippen molar-refractivity contribution in [3.8, 4) is 0 Å². The van der Waals surface area contributed by atoms with Gasteiger partial charge in [0.05, 0.1) is 6.26 Å². The Hall–Kier alpha value is -3.06. The highest BCUT2D eigenvalue weighted by molar-refractivity contribution is 6.40. The van der Waals surface area contributed by atoms with E-state index in [1.807, 2.05) is 0 Å². The molecule has 3 aromatic rings. The topological polar surface area (TPSA) is 89.2 Å². The number of anilines is 1. The first-order valence-corrected chi connectivity index (χ1v) is 8.31. The molecule has 3 rings (SSSR count). The molecular weight excluding hydrogens is 356 g/mol.